The van der Waals surface area contributed by atoms with Gasteiger partial charge in [-0.2, -0.15) is 39.5 Å². The van der Waals surface area contributed by atoms with Crippen molar-refractivity contribution in [3.8, 4) is 33.4 Å². The van der Waals surface area contributed by atoms with Crippen molar-refractivity contribution >= 4 is 52.7 Å². The molecular formula is C47H43Cl3F9N3O6. The van der Waals surface area contributed by atoms with E-state index >= 15 is 0 Å². The molecular weight excluding hydrogens is 980 g/mol. The number of carboxylic acid groups (broad SMARTS) is 1. The number of alkyl halides is 9. The number of carboxylic acids is 1. The molecule has 0 fully saturated rings. The summed E-state index contributed by atoms with van der Waals surface area (Å²) in [5.74, 6) is -3.00. The van der Waals surface area contributed by atoms with Crippen LogP contribution in [0.2, 0.25) is 15.1 Å². The molecule has 0 saturated heterocycles. The Morgan fingerprint density at radius 1 is 0.529 bits per heavy atom. The van der Waals surface area contributed by atoms with Crippen molar-refractivity contribution in [1.82, 2.24) is 14.1 Å². The summed E-state index contributed by atoms with van der Waals surface area (Å²) in [5.41, 5.74) is -1.78. The summed E-state index contributed by atoms with van der Waals surface area (Å²) >= 11 is 17.4. The summed E-state index contributed by atoms with van der Waals surface area (Å²) < 4.78 is 131. The minimum Gasteiger partial charge on any atom is -0.477 e. The van der Waals surface area contributed by atoms with E-state index in [1.54, 1.807) is 69.3 Å². The number of carbonyl (C=O) groups excluding carboxylic acids is 2. The third-order valence-corrected chi connectivity index (χ3v) is 11.0. The summed E-state index contributed by atoms with van der Waals surface area (Å²) in [6.07, 6.45) is -13.8. The number of hydrogen-bond donors (Lipinski definition) is 2. The molecule has 3 aromatic carbocycles. The molecule has 2 N–H and O–H groups in total. The van der Waals surface area contributed by atoms with Crippen molar-refractivity contribution in [2.75, 3.05) is 13.2 Å². The van der Waals surface area contributed by atoms with Crippen LogP contribution < -0.4 is 0 Å². The number of benzene rings is 3. The summed E-state index contributed by atoms with van der Waals surface area (Å²) in [7, 11) is 0. The van der Waals surface area contributed by atoms with E-state index in [1.807, 2.05) is 0 Å². The number of halogens is 12. The average Bonchev–Trinajstić information content (AvgIpc) is 3.88. The second-order valence-electron chi connectivity index (χ2n) is 14.5. The molecule has 0 aliphatic heterocycles. The lowest BCUT2D eigenvalue weighted by Crippen LogP contribution is -2.18. The SMILES string of the molecule is CCOC(=O)c1[nH]c(C(F)(F)F)c(C)c1-c1ccc(Cl)cc1.CCOC(=O)c1c(-c2ccc(Cl)cc2)c(C)c(C(F)(F)F)n1CC.CCn1c(C(=O)O)c(-c2ccc(Cl)cc2)c(C)c1C(F)(F)F. The number of carbonyl (C=O) groups is 3. The first-order valence-corrected chi connectivity index (χ1v) is 21.5. The third-order valence-electron chi connectivity index (χ3n) is 10.3. The molecule has 0 aliphatic rings. The Morgan fingerprint density at radius 3 is 1.19 bits per heavy atom. The number of aromatic carboxylic acids is 1. The molecule has 0 aliphatic carbocycles. The van der Waals surface area contributed by atoms with Crippen LogP contribution in [-0.4, -0.2) is 50.3 Å². The molecule has 0 atom stereocenters. The molecule has 68 heavy (non-hydrogen) atoms. The molecule has 3 heterocycles. The van der Waals surface area contributed by atoms with Crippen molar-refractivity contribution in [3.63, 3.8) is 0 Å². The minimum atomic E-state index is -4.63. The second kappa shape index (κ2) is 22.1. The van der Waals surface area contributed by atoms with Crippen molar-refractivity contribution in [1.29, 1.82) is 0 Å². The number of nitrogens with zero attached hydrogens (tertiary/aromatic N) is 2. The van der Waals surface area contributed by atoms with Gasteiger partial charge in [0.15, 0.2) is 0 Å². The van der Waals surface area contributed by atoms with E-state index in [4.69, 9.17) is 44.3 Å². The van der Waals surface area contributed by atoms with Gasteiger partial charge in [-0.3, -0.25) is 0 Å². The zero-order chi connectivity index (χ0) is 51.2. The number of hydrogen-bond acceptors (Lipinski definition) is 5. The Morgan fingerprint density at radius 2 is 0.868 bits per heavy atom. The molecule has 0 bridgehead atoms. The number of aromatic nitrogens is 3. The maximum absolute atomic E-state index is 13.5. The monoisotopic (exact) mass is 1020 g/mol. The lowest BCUT2D eigenvalue weighted by molar-refractivity contribution is -0.144. The highest BCUT2D eigenvalue weighted by Crippen LogP contribution is 2.43. The number of H-pyrrole nitrogens is 1. The van der Waals surface area contributed by atoms with Crippen LogP contribution in [0.5, 0.6) is 0 Å². The fourth-order valence-corrected chi connectivity index (χ4v) is 8.02. The highest BCUT2D eigenvalue weighted by Gasteiger charge is 2.42. The predicted octanol–water partition coefficient (Wildman–Crippen LogP) is 15.0. The molecule has 9 nitrogen and oxygen atoms in total. The van der Waals surface area contributed by atoms with E-state index in [1.165, 1.54) is 52.0 Å². The number of nitrogens with one attached hydrogen (secondary N) is 1. The van der Waals surface area contributed by atoms with Gasteiger partial charge >= 0.3 is 36.4 Å². The average molecular weight is 1020 g/mol. The van der Waals surface area contributed by atoms with Gasteiger partial charge in [-0.1, -0.05) is 71.2 Å². The Hall–Kier alpha value is -5.85. The van der Waals surface area contributed by atoms with Gasteiger partial charge in [0, 0.05) is 44.8 Å². The van der Waals surface area contributed by atoms with Crippen molar-refractivity contribution < 1.29 is 68.5 Å². The van der Waals surface area contributed by atoms with Crippen molar-refractivity contribution in [2.45, 2.75) is 80.1 Å². The zero-order valence-corrected chi connectivity index (χ0v) is 39.4. The minimum absolute atomic E-state index is 0.00256. The van der Waals surface area contributed by atoms with Gasteiger partial charge < -0.3 is 28.7 Å². The lowest BCUT2D eigenvalue weighted by Gasteiger charge is -2.13. The van der Waals surface area contributed by atoms with E-state index in [2.05, 4.69) is 4.98 Å². The second-order valence-corrected chi connectivity index (χ2v) is 15.8. The molecule has 0 saturated carbocycles. The lowest BCUT2D eigenvalue weighted by atomic mass is 10.0. The smallest absolute Gasteiger partial charge is 0.431 e. The van der Waals surface area contributed by atoms with Crippen molar-refractivity contribution in [2.24, 2.45) is 0 Å². The standard InChI is InChI=1S/C17H17ClF3NO2.2C15H13ClF3NO2/c1-4-22-14(16(23)24-5-2)13(10(3)15(22)17(19,20)21)11-6-8-12(18)9-7-11;1-3-22-14(21)12-11(9-4-6-10(16)7-5-9)8(2)13(20-12)15(17,18)19;1-3-20-12(14(21)22)11(8(2)13(20)15(17,18)19)9-4-6-10(16)7-5-9/h6-9H,4-5H2,1-3H3;4-7,20H,3H2,1-2H3;4-7H,3H2,1-2H3,(H,21,22). The predicted molar refractivity (Wildman–Crippen MR) is 240 cm³/mol. The molecule has 21 heteroatoms. The summed E-state index contributed by atoms with van der Waals surface area (Å²) in [6.45, 7) is 10.2. The van der Waals surface area contributed by atoms with Crippen LogP contribution in [0.25, 0.3) is 33.4 Å². The zero-order valence-electron chi connectivity index (χ0n) is 37.2. The van der Waals surface area contributed by atoms with Crippen LogP contribution in [-0.2, 0) is 41.1 Å². The first-order valence-electron chi connectivity index (χ1n) is 20.4. The Balaban J connectivity index is 0.000000223. The molecule has 0 unspecified atom stereocenters. The Labute approximate surface area is 399 Å². The van der Waals surface area contributed by atoms with Crippen LogP contribution in [0.4, 0.5) is 39.5 Å². The fourth-order valence-electron chi connectivity index (χ4n) is 7.64. The van der Waals surface area contributed by atoms with E-state index in [-0.39, 0.29) is 76.8 Å². The number of ether oxygens (including phenoxy) is 2. The first-order chi connectivity index (χ1) is 31.6. The molecule has 0 radical (unpaired) electrons. The largest absolute Gasteiger partial charge is 0.477 e. The van der Waals surface area contributed by atoms with Crippen molar-refractivity contribution in [3.05, 3.63) is 139 Å². The van der Waals surface area contributed by atoms with Gasteiger partial charge in [0.05, 0.1) is 13.2 Å². The summed E-state index contributed by atoms with van der Waals surface area (Å²) in [4.78, 5) is 38.0. The topological polar surface area (TPSA) is 116 Å². The van der Waals surface area contributed by atoms with Crippen LogP contribution in [0.1, 0.15) is 92.9 Å². The Kier molecular flexibility index (Phi) is 17.8. The molecule has 366 valence electrons. The summed E-state index contributed by atoms with van der Waals surface area (Å²) in [6, 6.07) is 18.6. The van der Waals surface area contributed by atoms with Gasteiger partial charge in [-0.15, -0.1) is 0 Å². The maximum Gasteiger partial charge on any atom is 0.431 e. The van der Waals surface area contributed by atoms with E-state index in [0.29, 0.717) is 31.8 Å². The third kappa shape index (κ3) is 12.1. The van der Waals surface area contributed by atoms with E-state index in [9.17, 15) is 59.0 Å². The van der Waals surface area contributed by atoms with Crippen LogP contribution in [0.3, 0.4) is 0 Å². The first kappa shape index (κ1) is 54.8. The molecule has 6 rings (SSSR count). The van der Waals surface area contributed by atoms with E-state index in [0.717, 1.165) is 9.13 Å². The number of aromatic amines is 1. The van der Waals surface area contributed by atoms with Crippen LogP contribution in [0.15, 0.2) is 72.8 Å². The highest BCUT2D eigenvalue weighted by atomic mass is 35.5. The maximum atomic E-state index is 13.5. The van der Waals surface area contributed by atoms with Gasteiger partial charge in [0.2, 0.25) is 0 Å². The highest BCUT2D eigenvalue weighted by molar-refractivity contribution is 6.31. The quantitative estimate of drug-likeness (QED) is 0.104. The molecule has 6 aromatic rings. The fraction of sp³-hybridized carbons (Fsp3) is 0.298. The van der Waals surface area contributed by atoms with Gasteiger partial charge in [0.25, 0.3) is 0 Å². The summed E-state index contributed by atoms with van der Waals surface area (Å²) in [5, 5.41) is 10.7. The van der Waals surface area contributed by atoms with Gasteiger partial charge in [0.1, 0.15) is 34.2 Å². The Bertz CT molecular complexity index is 2750. The number of esters is 2. The van der Waals surface area contributed by atoms with E-state index < -0.39 is 53.5 Å². The van der Waals surface area contributed by atoms with Gasteiger partial charge in [-0.05, 0) is 118 Å². The molecule has 3 aromatic heterocycles. The number of rotatable bonds is 10. The molecule has 0 amide bonds. The van der Waals surface area contributed by atoms with Gasteiger partial charge in [-0.25, -0.2) is 14.4 Å². The normalized spacial score (nSPS) is 11.6. The van der Waals surface area contributed by atoms with Crippen LogP contribution >= 0.6 is 34.8 Å². The van der Waals surface area contributed by atoms with Crippen LogP contribution in [0, 0.1) is 20.8 Å². The molecule has 0 spiro atoms.